The molecule has 18 heavy (non-hydrogen) atoms. The number of aromatic nitrogens is 1. The summed E-state index contributed by atoms with van der Waals surface area (Å²) in [5.74, 6) is 0.166. The SMILES string of the molecule is Cc1c(N)cnc(Nc2cc(F)ccc2Cl)c1Br. The lowest BCUT2D eigenvalue weighted by Gasteiger charge is -2.12. The number of nitrogens with two attached hydrogens (primary N) is 1. The van der Waals surface area contributed by atoms with Crippen LogP contribution >= 0.6 is 27.5 Å². The summed E-state index contributed by atoms with van der Waals surface area (Å²) in [5.41, 5.74) is 7.63. The fourth-order valence-corrected chi connectivity index (χ4v) is 2.00. The quantitative estimate of drug-likeness (QED) is 0.864. The molecule has 3 N–H and O–H groups in total. The lowest BCUT2D eigenvalue weighted by molar-refractivity contribution is 0.628. The van der Waals surface area contributed by atoms with Gasteiger partial charge in [-0.1, -0.05) is 11.6 Å². The van der Waals surface area contributed by atoms with Crippen molar-refractivity contribution in [2.75, 3.05) is 11.1 Å². The normalized spacial score (nSPS) is 10.4. The number of nitrogens with zero attached hydrogens (tertiary/aromatic N) is 1. The first-order valence-electron chi connectivity index (χ1n) is 5.11. The van der Waals surface area contributed by atoms with E-state index in [1.165, 1.54) is 24.4 Å². The van der Waals surface area contributed by atoms with Crippen molar-refractivity contribution in [3.63, 3.8) is 0 Å². The highest BCUT2D eigenvalue weighted by atomic mass is 79.9. The van der Waals surface area contributed by atoms with Crippen molar-refractivity contribution in [3.8, 4) is 0 Å². The van der Waals surface area contributed by atoms with Crippen LogP contribution in [0, 0.1) is 12.7 Å². The van der Waals surface area contributed by atoms with Crippen LogP contribution < -0.4 is 11.1 Å². The summed E-state index contributed by atoms with van der Waals surface area (Å²) in [7, 11) is 0. The van der Waals surface area contributed by atoms with Gasteiger partial charge in [-0.3, -0.25) is 0 Å². The second-order valence-electron chi connectivity index (χ2n) is 3.75. The van der Waals surface area contributed by atoms with Gasteiger partial charge in [0.2, 0.25) is 0 Å². The van der Waals surface area contributed by atoms with E-state index in [0.29, 0.717) is 22.2 Å². The summed E-state index contributed by atoms with van der Waals surface area (Å²) in [6.45, 7) is 1.86. The van der Waals surface area contributed by atoms with E-state index >= 15 is 0 Å². The largest absolute Gasteiger partial charge is 0.397 e. The predicted molar refractivity (Wildman–Crippen MR) is 75.8 cm³/mol. The van der Waals surface area contributed by atoms with Crippen LogP contribution in [-0.2, 0) is 0 Å². The van der Waals surface area contributed by atoms with Crippen molar-refractivity contribution >= 4 is 44.7 Å². The zero-order valence-corrected chi connectivity index (χ0v) is 11.8. The summed E-state index contributed by atoms with van der Waals surface area (Å²) < 4.78 is 13.9. The molecule has 0 fully saturated rings. The molecule has 1 heterocycles. The van der Waals surface area contributed by atoms with Crippen molar-refractivity contribution in [3.05, 3.63) is 45.3 Å². The number of halogens is 3. The van der Waals surface area contributed by atoms with Gasteiger partial charge in [0.25, 0.3) is 0 Å². The standard InChI is InChI=1S/C12H10BrClFN3/c1-6-9(16)5-17-12(11(6)13)18-10-4-7(15)2-3-8(10)14/h2-5H,16H2,1H3,(H,17,18). The van der Waals surface area contributed by atoms with E-state index in [0.717, 1.165) is 10.0 Å². The van der Waals surface area contributed by atoms with Crippen LogP contribution in [0.4, 0.5) is 21.6 Å². The lowest BCUT2D eigenvalue weighted by Crippen LogP contribution is -2.00. The molecule has 0 aliphatic carbocycles. The Morgan fingerprint density at radius 1 is 1.44 bits per heavy atom. The van der Waals surface area contributed by atoms with Crippen LogP contribution in [0.1, 0.15) is 5.56 Å². The molecule has 0 aliphatic heterocycles. The molecule has 0 unspecified atom stereocenters. The number of nitrogen functional groups attached to an aromatic ring is 1. The average Bonchev–Trinajstić information content (AvgIpc) is 2.34. The van der Waals surface area contributed by atoms with Gasteiger partial charge in [-0.2, -0.15) is 0 Å². The first-order chi connectivity index (χ1) is 8.49. The number of pyridine rings is 1. The van der Waals surface area contributed by atoms with Gasteiger partial charge in [0.1, 0.15) is 11.6 Å². The molecule has 0 atom stereocenters. The van der Waals surface area contributed by atoms with Crippen molar-refractivity contribution in [2.24, 2.45) is 0 Å². The maximum atomic E-state index is 13.1. The second-order valence-corrected chi connectivity index (χ2v) is 4.95. The molecule has 0 radical (unpaired) electrons. The van der Waals surface area contributed by atoms with Crippen molar-refractivity contribution in [2.45, 2.75) is 6.92 Å². The third-order valence-electron chi connectivity index (χ3n) is 2.48. The Morgan fingerprint density at radius 3 is 2.89 bits per heavy atom. The molecule has 0 amide bonds. The third-order valence-corrected chi connectivity index (χ3v) is 3.78. The van der Waals surface area contributed by atoms with Crippen LogP contribution in [0.3, 0.4) is 0 Å². The molecule has 1 aromatic carbocycles. The first-order valence-corrected chi connectivity index (χ1v) is 6.29. The Bertz CT molecular complexity index is 604. The molecule has 3 nitrogen and oxygen atoms in total. The Hall–Kier alpha value is -1.33. The minimum atomic E-state index is -0.370. The van der Waals surface area contributed by atoms with Gasteiger partial charge >= 0.3 is 0 Å². The van der Waals surface area contributed by atoms with E-state index in [-0.39, 0.29) is 5.82 Å². The number of rotatable bonds is 2. The highest BCUT2D eigenvalue weighted by molar-refractivity contribution is 9.10. The Kier molecular flexibility index (Phi) is 3.73. The monoisotopic (exact) mass is 329 g/mol. The molecule has 0 aliphatic rings. The van der Waals surface area contributed by atoms with Gasteiger partial charge in [0.15, 0.2) is 0 Å². The number of hydrogen-bond donors (Lipinski definition) is 2. The van der Waals surface area contributed by atoms with E-state index in [1.54, 1.807) is 0 Å². The van der Waals surface area contributed by atoms with E-state index in [1.807, 2.05) is 6.92 Å². The summed E-state index contributed by atoms with van der Waals surface area (Å²) in [5, 5.41) is 3.38. The molecule has 0 spiro atoms. The summed E-state index contributed by atoms with van der Waals surface area (Å²) in [6.07, 6.45) is 1.54. The van der Waals surface area contributed by atoms with E-state index in [9.17, 15) is 4.39 Å². The number of nitrogens with one attached hydrogen (secondary N) is 1. The zero-order valence-electron chi connectivity index (χ0n) is 9.47. The van der Waals surface area contributed by atoms with Crippen molar-refractivity contribution < 1.29 is 4.39 Å². The average molecular weight is 331 g/mol. The third kappa shape index (κ3) is 2.57. The number of benzene rings is 1. The second kappa shape index (κ2) is 5.12. The maximum Gasteiger partial charge on any atom is 0.145 e. The Labute approximate surface area is 117 Å². The summed E-state index contributed by atoms with van der Waals surface area (Å²) in [4.78, 5) is 4.14. The van der Waals surface area contributed by atoms with Crippen molar-refractivity contribution in [1.82, 2.24) is 4.98 Å². The van der Waals surface area contributed by atoms with Gasteiger partial charge in [-0.25, -0.2) is 9.37 Å². The molecular weight excluding hydrogens is 321 g/mol. The number of anilines is 3. The molecule has 0 saturated carbocycles. The van der Waals surface area contributed by atoms with Crippen LogP contribution in [0.25, 0.3) is 0 Å². The lowest BCUT2D eigenvalue weighted by atomic mass is 10.2. The molecular formula is C12H10BrClFN3. The smallest absolute Gasteiger partial charge is 0.145 e. The van der Waals surface area contributed by atoms with Crippen molar-refractivity contribution in [1.29, 1.82) is 0 Å². The topological polar surface area (TPSA) is 50.9 Å². The van der Waals surface area contributed by atoms with Crippen LogP contribution in [0.5, 0.6) is 0 Å². The number of hydrogen-bond acceptors (Lipinski definition) is 3. The molecule has 0 bridgehead atoms. The van der Waals surface area contributed by atoms with E-state index < -0.39 is 0 Å². The maximum absolute atomic E-state index is 13.1. The fourth-order valence-electron chi connectivity index (χ4n) is 1.40. The highest BCUT2D eigenvalue weighted by Gasteiger charge is 2.09. The predicted octanol–water partition coefficient (Wildman–Crippen LogP) is 4.27. The molecule has 2 aromatic rings. The fraction of sp³-hybridized carbons (Fsp3) is 0.0833. The molecule has 0 saturated heterocycles. The van der Waals surface area contributed by atoms with Gasteiger partial charge in [0, 0.05) is 0 Å². The molecule has 2 rings (SSSR count). The minimum absolute atomic E-state index is 0.370. The van der Waals surface area contributed by atoms with Gasteiger partial charge < -0.3 is 11.1 Å². The van der Waals surface area contributed by atoms with E-state index in [2.05, 4.69) is 26.2 Å². The zero-order chi connectivity index (χ0) is 13.3. The Balaban J connectivity index is 2.40. The van der Waals surface area contributed by atoms with E-state index in [4.69, 9.17) is 17.3 Å². The first kappa shape index (κ1) is 13.1. The van der Waals surface area contributed by atoms with Crippen LogP contribution in [0.15, 0.2) is 28.9 Å². The molecule has 94 valence electrons. The Morgan fingerprint density at radius 2 is 2.17 bits per heavy atom. The highest BCUT2D eigenvalue weighted by Crippen LogP contribution is 2.32. The minimum Gasteiger partial charge on any atom is -0.397 e. The summed E-state index contributed by atoms with van der Waals surface area (Å²) >= 11 is 9.36. The van der Waals surface area contributed by atoms with Gasteiger partial charge in [-0.15, -0.1) is 0 Å². The summed E-state index contributed by atoms with van der Waals surface area (Å²) in [6, 6.07) is 4.09. The van der Waals surface area contributed by atoms with Crippen LogP contribution in [-0.4, -0.2) is 4.98 Å². The van der Waals surface area contributed by atoms with Gasteiger partial charge in [-0.05, 0) is 46.6 Å². The van der Waals surface area contributed by atoms with Gasteiger partial charge in [0.05, 0.1) is 27.1 Å². The molecule has 6 heteroatoms. The van der Waals surface area contributed by atoms with Crippen LogP contribution in [0.2, 0.25) is 5.02 Å². The molecule has 1 aromatic heterocycles.